The lowest BCUT2D eigenvalue weighted by atomic mass is 10.0. The van der Waals surface area contributed by atoms with Crippen molar-refractivity contribution >= 4 is 11.6 Å². The van der Waals surface area contributed by atoms with Gasteiger partial charge in [-0.05, 0) is 24.1 Å². The van der Waals surface area contributed by atoms with Gasteiger partial charge in [0.2, 0.25) is 5.91 Å². The molecule has 2 aromatic rings. The first-order valence-electron chi connectivity index (χ1n) is 8.15. The summed E-state index contributed by atoms with van der Waals surface area (Å²) in [6, 6.07) is 17.7. The lowest BCUT2D eigenvalue weighted by Gasteiger charge is -2.17. The lowest BCUT2D eigenvalue weighted by Crippen LogP contribution is -2.31. The molecule has 1 atom stereocenters. The Morgan fingerprint density at radius 1 is 1.17 bits per heavy atom. The molecule has 0 aliphatic heterocycles. The highest BCUT2D eigenvalue weighted by atomic mass is 16.5. The Kier molecular flexibility index (Phi) is 7.05. The Hall–Kier alpha value is -2.59. The maximum atomic E-state index is 12.2. The second kappa shape index (κ2) is 9.53. The molecule has 0 aromatic heterocycles. The Morgan fingerprint density at radius 2 is 1.88 bits per heavy atom. The van der Waals surface area contributed by atoms with E-state index >= 15 is 0 Å². The van der Waals surface area contributed by atoms with E-state index in [1.165, 1.54) is 5.56 Å². The van der Waals surface area contributed by atoms with E-state index in [0.717, 1.165) is 6.42 Å². The van der Waals surface area contributed by atoms with Gasteiger partial charge < -0.3 is 15.4 Å². The van der Waals surface area contributed by atoms with Crippen LogP contribution in [0, 0.1) is 0 Å². The number of carbonyl (C=O) groups excluding carboxylic acids is 1. The fraction of sp³-hybridized carbons (Fsp3) is 0.250. The Balaban J connectivity index is 1.92. The summed E-state index contributed by atoms with van der Waals surface area (Å²) >= 11 is 0. The SMILES string of the molecule is C=CCOc1ccccc1NC(=O)CNC(CC)c1ccccc1. The number of nitrogens with one attached hydrogen (secondary N) is 2. The summed E-state index contributed by atoms with van der Waals surface area (Å²) in [6.07, 6.45) is 2.59. The first-order valence-corrected chi connectivity index (χ1v) is 8.15. The third-order valence-electron chi connectivity index (χ3n) is 3.64. The molecule has 0 heterocycles. The molecular weight excluding hydrogens is 300 g/mol. The van der Waals surface area contributed by atoms with Gasteiger partial charge in [-0.2, -0.15) is 0 Å². The zero-order valence-corrected chi connectivity index (χ0v) is 14.0. The summed E-state index contributed by atoms with van der Waals surface area (Å²) < 4.78 is 5.55. The van der Waals surface area contributed by atoms with Crippen molar-refractivity contribution in [2.75, 3.05) is 18.5 Å². The predicted molar refractivity (Wildman–Crippen MR) is 98.2 cm³/mol. The molecule has 0 radical (unpaired) electrons. The zero-order chi connectivity index (χ0) is 17.2. The van der Waals surface area contributed by atoms with E-state index in [1.807, 2.05) is 42.5 Å². The molecular formula is C20H24N2O2. The lowest BCUT2D eigenvalue weighted by molar-refractivity contribution is -0.115. The van der Waals surface area contributed by atoms with Crippen LogP contribution in [0.4, 0.5) is 5.69 Å². The van der Waals surface area contributed by atoms with Gasteiger partial charge in [-0.1, -0.05) is 62.0 Å². The smallest absolute Gasteiger partial charge is 0.238 e. The Labute approximate surface area is 143 Å². The fourth-order valence-corrected chi connectivity index (χ4v) is 2.44. The number of carbonyl (C=O) groups is 1. The first kappa shape index (κ1) is 17.8. The van der Waals surface area contributed by atoms with Crippen molar-refractivity contribution in [3.63, 3.8) is 0 Å². The van der Waals surface area contributed by atoms with Crippen LogP contribution in [0.1, 0.15) is 24.9 Å². The minimum absolute atomic E-state index is 0.0981. The zero-order valence-electron chi connectivity index (χ0n) is 14.0. The maximum Gasteiger partial charge on any atom is 0.238 e. The molecule has 1 unspecified atom stereocenters. The molecule has 24 heavy (non-hydrogen) atoms. The van der Waals surface area contributed by atoms with Crippen LogP contribution in [0.3, 0.4) is 0 Å². The third-order valence-corrected chi connectivity index (χ3v) is 3.64. The number of amides is 1. The maximum absolute atomic E-state index is 12.2. The van der Waals surface area contributed by atoms with E-state index in [0.29, 0.717) is 18.0 Å². The van der Waals surface area contributed by atoms with Crippen LogP contribution in [0.2, 0.25) is 0 Å². The molecule has 0 aliphatic rings. The van der Waals surface area contributed by atoms with Crippen LogP contribution in [-0.4, -0.2) is 19.1 Å². The van der Waals surface area contributed by atoms with Crippen LogP contribution in [0.5, 0.6) is 5.75 Å². The molecule has 0 fully saturated rings. The van der Waals surface area contributed by atoms with Crippen LogP contribution in [-0.2, 0) is 4.79 Å². The highest BCUT2D eigenvalue weighted by Gasteiger charge is 2.12. The second-order valence-electron chi connectivity index (χ2n) is 5.40. The van der Waals surface area contributed by atoms with Gasteiger partial charge in [0.1, 0.15) is 12.4 Å². The molecule has 2 aromatic carbocycles. The molecule has 126 valence electrons. The second-order valence-corrected chi connectivity index (χ2v) is 5.40. The Morgan fingerprint density at radius 3 is 2.58 bits per heavy atom. The van der Waals surface area contributed by atoms with Gasteiger partial charge in [0.05, 0.1) is 12.2 Å². The predicted octanol–water partition coefficient (Wildman–Crippen LogP) is 3.93. The molecule has 0 saturated heterocycles. The average molecular weight is 324 g/mol. The molecule has 0 saturated carbocycles. The van der Waals surface area contributed by atoms with E-state index in [4.69, 9.17) is 4.74 Å². The van der Waals surface area contributed by atoms with Crippen molar-refractivity contribution < 1.29 is 9.53 Å². The number of anilines is 1. The highest BCUT2D eigenvalue weighted by molar-refractivity contribution is 5.93. The van der Waals surface area contributed by atoms with Gasteiger partial charge in [-0.3, -0.25) is 4.79 Å². The minimum Gasteiger partial charge on any atom is -0.487 e. The number of benzene rings is 2. The number of hydrogen-bond acceptors (Lipinski definition) is 3. The van der Waals surface area contributed by atoms with Crippen molar-refractivity contribution in [1.29, 1.82) is 0 Å². The van der Waals surface area contributed by atoms with E-state index in [2.05, 4.69) is 36.3 Å². The average Bonchev–Trinajstić information content (AvgIpc) is 2.62. The Bertz CT molecular complexity index is 656. The molecule has 2 N–H and O–H groups in total. The summed E-state index contributed by atoms with van der Waals surface area (Å²) in [5.74, 6) is 0.542. The summed E-state index contributed by atoms with van der Waals surface area (Å²) in [7, 11) is 0. The molecule has 0 aliphatic carbocycles. The highest BCUT2D eigenvalue weighted by Crippen LogP contribution is 2.23. The van der Waals surface area contributed by atoms with Gasteiger partial charge >= 0.3 is 0 Å². The van der Waals surface area contributed by atoms with Gasteiger partial charge in [0.15, 0.2) is 0 Å². The van der Waals surface area contributed by atoms with E-state index in [-0.39, 0.29) is 18.5 Å². The molecule has 0 spiro atoms. The van der Waals surface area contributed by atoms with E-state index in [1.54, 1.807) is 6.08 Å². The monoisotopic (exact) mass is 324 g/mol. The number of ether oxygens (including phenoxy) is 1. The molecule has 4 nitrogen and oxygen atoms in total. The van der Waals surface area contributed by atoms with Crippen molar-refractivity contribution in [3.05, 3.63) is 72.8 Å². The molecule has 1 amide bonds. The molecule has 2 rings (SSSR count). The summed E-state index contributed by atoms with van der Waals surface area (Å²) in [6.45, 7) is 6.37. The van der Waals surface area contributed by atoms with Gasteiger partial charge in [0.25, 0.3) is 0 Å². The van der Waals surface area contributed by atoms with Crippen LogP contribution in [0.15, 0.2) is 67.3 Å². The molecule has 4 heteroatoms. The van der Waals surface area contributed by atoms with E-state index in [9.17, 15) is 4.79 Å². The van der Waals surface area contributed by atoms with Gasteiger partial charge in [0, 0.05) is 6.04 Å². The largest absolute Gasteiger partial charge is 0.487 e. The number of para-hydroxylation sites is 2. The summed E-state index contributed by atoms with van der Waals surface area (Å²) in [5.41, 5.74) is 1.85. The van der Waals surface area contributed by atoms with Crippen LogP contribution >= 0.6 is 0 Å². The third kappa shape index (κ3) is 5.25. The van der Waals surface area contributed by atoms with Crippen molar-refractivity contribution in [1.82, 2.24) is 5.32 Å². The number of rotatable bonds is 9. The van der Waals surface area contributed by atoms with Crippen molar-refractivity contribution in [3.8, 4) is 5.75 Å². The quantitative estimate of drug-likeness (QED) is 0.687. The van der Waals surface area contributed by atoms with Crippen LogP contribution < -0.4 is 15.4 Å². The van der Waals surface area contributed by atoms with Gasteiger partial charge in [-0.15, -0.1) is 0 Å². The summed E-state index contributed by atoms with van der Waals surface area (Å²) in [4.78, 5) is 12.2. The van der Waals surface area contributed by atoms with Crippen molar-refractivity contribution in [2.24, 2.45) is 0 Å². The van der Waals surface area contributed by atoms with E-state index < -0.39 is 0 Å². The minimum atomic E-state index is -0.0981. The summed E-state index contributed by atoms with van der Waals surface area (Å²) in [5, 5.41) is 6.19. The first-order chi connectivity index (χ1) is 11.7. The van der Waals surface area contributed by atoms with Gasteiger partial charge in [-0.25, -0.2) is 0 Å². The normalized spacial score (nSPS) is 11.5. The van der Waals surface area contributed by atoms with Crippen molar-refractivity contribution in [2.45, 2.75) is 19.4 Å². The fourth-order valence-electron chi connectivity index (χ4n) is 2.44. The standard InChI is InChI=1S/C20H24N2O2/c1-3-14-24-19-13-9-8-12-18(19)22-20(23)15-21-17(4-2)16-10-6-5-7-11-16/h3,5-13,17,21H,1,4,14-15H2,2H3,(H,22,23). The number of hydrogen-bond donors (Lipinski definition) is 2. The molecule has 0 bridgehead atoms. The van der Waals surface area contributed by atoms with Crippen LogP contribution in [0.25, 0.3) is 0 Å². The topological polar surface area (TPSA) is 50.4 Å².